The van der Waals surface area contributed by atoms with Crippen LogP contribution in [0.5, 0.6) is 0 Å². The van der Waals surface area contributed by atoms with Crippen molar-refractivity contribution in [1.82, 2.24) is 14.9 Å². The summed E-state index contributed by atoms with van der Waals surface area (Å²) in [7, 11) is 0. The Morgan fingerprint density at radius 2 is 1.69 bits per heavy atom. The van der Waals surface area contributed by atoms with Crippen LogP contribution >= 0.6 is 0 Å². The van der Waals surface area contributed by atoms with Gasteiger partial charge in [0, 0.05) is 25.0 Å². The van der Waals surface area contributed by atoms with E-state index in [1.54, 1.807) is 0 Å². The number of piperidine rings is 1. The molecule has 1 N–H and O–H groups in total. The first-order valence-electron chi connectivity index (χ1n) is 11.6. The van der Waals surface area contributed by atoms with E-state index in [-0.39, 0.29) is 17.9 Å². The second-order valence-electron chi connectivity index (χ2n) is 9.00. The Morgan fingerprint density at radius 1 is 0.969 bits per heavy atom. The van der Waals surface area contributed by atoms with E-state index in [2.05, 4.69) is 4.90 Å². The lowest BCUT2D eigenvalue weighted by Gasteiger charge is -2.37. The molecule has 3 aromatic rings. The molecule has 166 valence electrons. The Bertz CT molecular complexity index is 1100. The Balaban J connectivity index is 1.28. The van der Waals surface area contributed by atoms with Gasteiger partial charge in [0.05, 0.1) is 17.3 Å². The summed E-state index contributed by atoms with van der Waals surface area (Å²) in [6, 6.07) is 17.7. The maximum atomic E-state index is 13.4. The number of aryl methyl sites for hydroxylation is 1. The maximum absolute atomic E-state index is 13.4. The lowest BCUT2D eigenvalue weighted by atomic mass is 9.87. The predicted octanol–water partition coefficient (Wildman–Crippen LogP) is 3.88. The minimum absolute atomic E-state index is 0.171. The van der Waals surface area contributed by atoms with Crippen molar-refractivity contribution in [2.24, 2.45) is 5.92 Å². The Morgan fingerprint density at radius 3 is 2.47 bits per heavy atom. The summed E-state index contributed by atoms with van der Waals surface area (Å²) in [6.45, 7) is 4.19. The summed E-state index contributed by atoms with van der Waals surface area (Å²) in [4.78, 5) is 27.0. The zero-order valence-corrected chi connectivity index (χ0v) is 18.5. The molecule has 6 heteroatoms. The van der Waals surface area contributed by atoms with Crippen molar-refractivity contribution in [2.45, 2.75) is 44.8 Å². The average molecular weight is 431 g/mol. The third-order valence-electron chi connectivity index (χ3n) is 7.02. The van der Waals surface area contributed by atoms with Crippen molar-refractivity contribution >= 4 is 22.8 Å². The standard InChI is InChI=1S/C26H30N4O2/c1-18-21-10-5-6-11-22(21)28-26(27-18)30-15-7-12-23(30)25(32)29-16-13-20(14-17-29)24(31)19-8-3-2-4-9-19/h2-6,8-11,20,23-24,31H,7,12-17H2,1H3. The summed E-state index contributed by atoms with van der Waals surface area (Å²) in [5, 5.41) is 11.8. The average Bonchev–Trinajstić information content (AvgIpc) is 3.34. The van der Waals surface area contributed by atoms with E-state index in [9.17, 15) is 9.90 Å². The van der Waals surface area contributed by atoms with E-state index in [4.69, 9.17) is 9.97 Å². The molecule has 0 spiro atoms. The van der Waals surface area contributed by atoms with Crippen LogP contribution in [-0.4, -0.2) is 51.6 Å². The van der Waals surface area contributed by atoms with Crippen LogP contribution in [0.1, 0.15) is 43.0 Å². The summed E-state index contributed by atoms with van der Waals surface area (Å²) in [5.74, 6) is 1.02. The summed E-state index contributed by atoms with van der Waals surface area (Å²) < 4.78 is 0. The van der Waals surface area contributed by atoms with E-state index >= 15 is 0 Å². The van der Waals surface area contributed by atoms with Crippen molar-refractivity contribution in [3.05, 3.63) is 65.9 Å². The number of amides is 1. The van der Waals surface area contributed by atoms with Gasteiger partial charge in [0.1, 0.15) is 6.04 Å². The van der Waals surface area contributed by atoms with Crippen molar-refractivity contribution < 1.29 is 9.90 Å². The number of rotatable bonds is 4. The van der Waals surface area contributed by atoms with Crippen molar-refractivity contribution in [1.29, 1.82) is 0 Å². The number of benzene rings is 2. The molecule has 2 aliphatic rings. The predicted molar refractivity (Wildman–Crippen MR) is 125 cm³/mol. The fraction of sp³-hybridized carbons (Fsp3) is 0.423. The van der Waals surface area contributed by atoms with Gasteiger partial charge in [0.25, 0.3) is 0 Å². The Hall–Kier alpha value is -2.99. The molecule has 2 saturated heterocycles. The van der Waals surface area contributed by atoms with Gasteiger partial charge in [0.2, 0.25) is 11.9 Å². The highest BCUT2D eigenvalue weighted by Crippen LogP contribution is 2.32. The molecule has 2 unspecified atom stereocenters. The third kappa shape index (κ3) is 3.95. The number of aliphatic hydroxyl groups is 1. The SMILES string of the molecule is Cc1nc(N2CCCC2C(=O)N2CCC(C(O)c3ccccc3)CC2)nc2ccccc12. The minimum Gasteiger partial charge on any atom is -0.388 e. The topological polar surface area (TPSA) is 69.6 Å². The third-order valence-corrected chi connectivity index (χ3v) is 7.02. The van der Waals surface area contributed by atoms with Crippen LogP contribution in [0.15, 0.2) is 54.6 Å². The van der Waals surface area contributed by atoms with Crippen LogP contribution in [0.3, 0.4) is 0 Å². The number of carbonyl (C=O) groups excluding carboxylic acids is 1. The van der Waals surface area contributed by atoms with Gasteiger partial charge < -0.3 is 14.9 Å². The molecule has 3 heterocycles. The minimum atomic E-state index is -0.467. The van der Waals surface area contributed by atoms with Crippen LogP contribution in [0.25, 0.3) is 10.9 Å². The van der Waals surface area contributed by atoms with Gasteiger partial charge in [-0.1, -0.05) is 48.5 Å². The number of anilines is 1. The first-order chi connectivity index (χ1) is 15.6. The number of hydrogen-bond acceptors (Lipinski definition) is 5. The van der Waals surface area contributed by atoms with Gasteiger partial charge in [-0.15, -0.1) is 0 Å². The zero-order chi connectivity index (χ0) is 22.1. The number of fused-ring (bicyclic) bond motifs is 1. The van der Waals surface area contributed by atoms with Gasteiger partial charge in [-0.3, -0.25) is 4.79 Å². The lowest BCUT2D eigenvalue weighted by molar-refractivity contribution is -0.134. The van der Waals surface area contributed by atoms with Crippen molar-refractivity contribution in [2.75, 3.05) is 24.5 Å². The highest BCUT2D eigenvalue weighted by Gasteiger charge is 2.37. The van der Waals surface area contributed by atoms with E-state index in [1.807, 2.05) is 66.4 Å². The van der Waals surface area contributed by atoms with E-state index in [0.717, 1.165) is 54.4 Å². The highest BCUT2D eigenvalue weighted by atomic mass is 16.3. The van der Waals surface area contributed by atoms with Crippen LogP contribution in [0.4, 0.5) is 5.95 Å². The van der Waals surface area contributed by atoms with Crippen LogP contribution < -0.4 is 4.90 Å². The largest absolute Gasteiger partial charge is 0.388 e. The zero-order valence-electron chi connectivity index (χ0n) is 18.5. The van der Waals surface area contributed by atoms with Crippen LogP contribution in [0.2, 0.25) is 0 Å². The van der Waals surface area contributed by atoms with E-state index < -0.39 is 6.10 Å². The molecule has 2 atom stereocenters. The number of likely N-dealkylation sites (tertiary alicyclic amines) is 1. The second-order valence-corrected chi connectivity index (χ2v) is 9.00. The Kier molecular flexibility index (Phi) is 5.79. The van der Waals surface area contributed by atoms with Gasteiger partial charge in [0.15, 0.2) is 0 Å². The maximum Gasteiger partial charge on any atom is 0.245 e. The molecule has 0 saturated carbocycles. The van der Waals surface area contributed by atoms with Gasteiger partial charge in [-0.05, 0) is 50.2 Å². The highest BCUT2D eigenvalue weighted by molar-refractivity contribution is 5.86. The molecule has 1 amide bonds. The van der Waals surface area contributed by atoms with Crippen LogP contribution in [0, 0.1) is 12.8 Å². The molecule has 2 aromatic carbocycles. The molecule has 1 aromatic heterocycles. The molecule has 0 aliphatic carbocycles. The fourth-order valence-electron chi connectivity index (χ4n) is 5.18. The number of para-hydroxylation sites is 1. The van der Waals surface area contributed by atoms with E-state index in [1.165, 1.54) is 0 Å². The van der Waals surface area contributed by atoms with Crippen molar-refractivity contribution in [3.8, 4) is 0 Å². The van der Waals surface area contributed by atoms with Gasteiger partial charge in [-0.2, -0.15) is 0 Å². The number of hydrogen-bond donors (Lipinski definition) is 1. The molecule has 2 aliphatic heterocycles. The van der Waals surface area contributed by atoms with Gasteiger partial charge >= 0.3 is 0 Å². The Labute approximate surface area is 188 Å². The van der Waals surface area contributed by atoms with Crippen LogP contribution in [-0.2, 0) is 4.79 Å². The van der Waals surface area contributed by atoms with Gasteiger partial charge in [-0.25, -0.2) is 9.97 Å². The molecule has 32 heavy (non-hydrogen) atoms. The number of aromatic nitrogens is 2. The summed E-state index contributed by atoms with van der Waals surface area (Å²) >= 11 is 0. The second kappa shape index (κ2) is 8.87. The molecule has 5 rings (SSSR count). The summed E-state index contributed by atoms with van der Waals surface area (Å²) in [5.41, 5.74) is 2.83. The normalized spacial score (nSPS) is 20.6. The molecule has 0 radical (unpaired) electrons. The molecule has 0 bridgehead atoms. The monoisotopic (exact) mass is 430 g/mol. The quantitative estimate of drug-likeness (QED) is 0.680. The molecule has 2 fully saturated rings. The fourth-order valence-corrected chi connectivity index (χ4v) is 5.18. The molecular formula is C26H30N4O2. The first-order valence-corrected chi connectivity index (χ1v) is 11.6. The summed E-state index contributed by atoms with van der Waals surface area (Å²) in [6.07, 6.45) is 2.97. The molecule has 6 nitrogen and oxygen atoms in total. The molecular weight excluding hydrogens is 400 g/mol. The van der Waals surface area contributed by atoms with Crippen molar-refractivity contribution in [3.63, 3.8) is 0 Å². The van der Waals surface area contributed by atoms with E-state index in [0.29, 0.717) is 19.0 Å². The smallest absolute Gasteiger partial charge is 0.245 e. The number of nitrogens with zero attached hydrogens (tertiary/aromatic N) is 4. The lowest BCUT2D eigenvalue weighted by Crippen LogP contribution is -2.49. The number of aliphatic hydroxyl groups excluding tert-OH is 1. The number of carbonyl (C=O) groups is 1. The first kappa shape index (κ1) is 20.9.